The van der Waals surface area contributed by atoms with Gasteiger partial charge in [-0.15, -0.1) is 13.2 Å². The Balaban J connectivity index is 0. The SMILES string of the molecule is C=CCOCCOCCOCCOCCOCCOCC=C.CCCCOCCOCCOCCOCCOCCOCCCC. The van der Waals surface area contributed by atoms with Gasteiger partial charge in [-0.3, -0.25) is 0 Å². The Labute approximate surface area is 280 Å². The number of ether oxygens (including phenoxy) is 12. The first-order chi connectivity index (χ1) is 22.8. The van der Waals surface area contributed by atoms with E-state index < -0.39 is 0 Å². The van der Waals surface area contributed by atoms with E-state index in [9.17, 15) is 0 Å². The monoisotopic (exact) mass is 668 g/mol. The molecule has 0 aromatic heterocycles. The number of unbranched alkanes of at least 4 members (excludes halogenated alkanes) is 2. The summed E-state index contributed by atoms with van der Waals surface area (Å²) in [5.41, 5.74) is 0. The van der Waals surface area contributed by atoms with Crippen molar-refractivity contribution >= 4 is 0 Å². The van der Waals surface area contributed by atoms with Gasteiger partial charge in [0.15, 0.2) is 0 Å². The van der Waals surface area contributed by atoms with Crippen molar-refractivity contribution in [1.82, 2.24) is 0 Å². The predicted octanol–water partition coefficient (Wildman–Crippen LogP) is 4.14. The van der Waals surface area contributed by atoms with Crippen LogP contribution in [0.3, 0.4) is 0 Å². The van der Waals surface area contributed by atoms with E-state index in [0.717, 1.165) is 38.9 Å². The Kier molecular flexibility index (Phi) is 49.6. The molecular weight excluding hydrogens is 600 g/mol. The van der Waals surface area contributed by atoms with Gasteiger partial charge in [-0.05, 0) is 12.8 Å². The Morgan fingerprint density at radius 3 is 0.630 bits per heavy atom. The minimum Gasteiger partial charge on any atom is -0.379 e. The number of hydrogen-bond donors (Lipinski definition) is 0. The van der Waals surface area contributed by atoms with Gasteiger partial charge in [0.25, 0.3) is 0 Å². The molecule has 0 aliphatic heterocycles. The van der Waals surface area contributed by atoms with Crippen LogP contribution in [0.4, 0.5) is 0 Å². The summed E-state index contributed by atoms with van der Waals surface area (Å²) in [6.45, 7) is 25.9. The van der Waals surface area contributed by atoms with Crippen LogP contribution in [0, 0.1) is 0 Å². The van der Waals surface area contributed by atoms with Crippen molar-refractivity contribution in [3.8, 4) is 0 Å². The summed E-state index contributed by atoms with van der Waals surface area (Å²) in [4.78, 5) is 0. The molecule has 0 unspecified atom stereocenters. The number of hydrogen-bond acceptors (Lipinski definition) is 12. The maximum absolute atomic E-state index is 5.41. The molecule has 46 heavy (non-hydrogen) atoms. The van der Waals surface area contributed by atoms with Crippen molar-refractivity contribution in [2.75, 3.05) is 159 Å². The van der Waals surface area contributed by atoms with E-state index in [-0.39, 0.29) is 0 Å². The van der Waals surface area contributed by atoms with E-state index >= 15 is 0 Å². The van der Waals surface area contributed by atoms with E-state index in [1.807, 2.05) is 0 Å². The van der Waals surface area contributed by atoms with Crippen molar-refractivity contribution in [2.45, 2.75) is 39.5 Å². The van der Waals surface area contributed by atoms with E-state index in [2.05, 4.69) is 27.0 Å². The van der Waals surface area contributed by atoms with E-state index in [0.29, 0.717) is 145 Å². The predicted molar refractivity (Wildman–Crippen MR) is 180 cm³/mol. The minimum absolute atomic E-state index is 0.554. The maximum Gasteiger partial charge on any atom is 0.0704 e. The molecule has 0 bridgehead atoms. The summed E-state index contributed by atoms with van der Waals surface area (Å²) in [5.74, 6) is 0. The second-order valence-electron chi connectivity index (χ2n) is 9.56. The second kappa shape index (κ2) is 48.4. The van der Waals surface area contributed by atoms with Gasteiger partial charge < -0.3 is 56.8 Å². The highest BCUT2D eigenvalue weighted by atomic mass is 16.6. The van der Waals surface area contributed by atoms with Crippen LogP contribution in [0.15, 0.2) is 25.3 Å². The molecule has 276 valence electrons. The molecule has 0 aliphatic rings. The third-order valence-corrected chi connectivity index (χ3v) is 5.48. The van der Waals surface area contributed by atoms with Gasteiger partial charge in [-0.2, -0.15) is 0 Å². The highest BCUT2D eigenvalue weighted by molar-refractivity contribution is 4.63. The van der Waals surface area contributed by atoms with Crippen LogP contribution in [0.5, 0.6) is 0 Å². The standard InChI is InChI=1S/C18H38O6.C16H30O6/c1-3-5-7-19-9-11-21-13-15-23-17-18-24-16-14-22-12-10-20-8-6-4-2;1-3-5-17-7-9-19-11-13-21-15-16-22-14-12-20-10-8-18-6-4-2/h3-18H2,1-2H3;3-4H,1-2,5-16H2. The molecule has 0 spiro atoms. The van der Waals surface area contributed by atoms with Crippen molar-refractivity contribution < 1.29 is 56.8 Å². The fraction of sp³-hybridized carbons (Fsp3) is 0.882. The smallest absolute Gasteiger partial charge is 0.0704 e. The molecule has 0 aliphatic carbocycles. The molecule has 0 amide bonds. The van der Waals surface area contributed by atoms with Crippen LogP contribution in [0.1, 0.15) is 39.5 Å². The summed E-state index contributed by atoms with van der Waals surface area (Å²) >= 11 is 0. The van der Waals surface area contributed by atoms with Crippen LogP contribution in [0.25, 0.3) is 0 Å². The molecule has 0 N–H and O–H groups in total. The summed E-state index contributed by atoms with van der Waals surface area (Å²) < 4.78 is 64.1. The van der Waals surface area contributed by atoms with E-state index in [1.165, 1.54) is 0 Å². The second-order valence-corrected chi connectivity index (χ2v) is 9.56. The topological polar surface area (TPSA) is 111 Å². The largest absolute Gasteiger partial charge is 0.379 e. The van der Waals surface area contributed by atoms with Gasteiger partial charge in [0.1, 0.15) is 0 Å². The lowest BCUT2D eigenvalue weighted by Gasteiger charge is -2.08. The maximum atomic E-state index is 5.41. The molecule has 0 rings (SSSR count). The molecular formula is C34H68O12. The Morgan fingerprint density at radius 2 is 0.457 bits per heavy atom. The van der Waals surface area contributed by atoms with E-state index in [4.69, 9.17) is 56.8 Å². The average Bonchev–Trinajstić information content (AvgIpc) is 3.07. The third kappa shape index (κ3) is 49.9. The first-order valence-corrected chi connectivity index (χ1v) is 17.0. The van der Waals surface area contributed by atoms with E-state index in [1.54, 1.807) is 12.2 Å². The average molecular weight is 669 g/mol. The first kappa shape index (κ1) is 47.1. The van der Waals surface area contributed by atoms with Crippen molar-refractivity contribution in [3.63, 3.8) is 0 Å². The first-order valence-electron chi connectivity index (χ1n) is 17.0. The summed E-state index contributed by atoms with van der Waals surface area (Å²) in [6.07, 6.45) is 7.98. The lowest BCUT2D eigenvalue weighted by molar-refractivity contribution is -0.0169. The quantitative estimate of drug-likeness (QED) is 0.0691. The third-order valence-electron chi connectivity index (χ3n) is 5.48. The van der Waals surface area contributed by atoms with Gasteiger partial charge in [0, 0.05) is 13.2 Å². The molecule has 0 atom stereocenters. The molecule has 0 saturated carbocycles. The zero-order chi connectivity index (χ0) is 33.7. The molecule has 12 nitrogen and oxygen atoms in total. The van der Waals surface area contributed by atoms with Gasteiger partial charge in [0.2, 0.25) is 0 Å². The van der Waals surface area contributed by atoms with Crippen LogP contribution in [0.2, 0.25) is 0 Å². The molecule has 0 radical (unpaired) electrons. The summed E-state index contributed by atoms with van der Waals surface area (Å²) in [6, 6.07) is 0. The van der Waals surface area contributed by atoms with Crippen molar-refractivity contribution in [1.29, 1.82) is 0 Å². The van der Waals surface area contributed by atoms with Crippen molar-refractivity contribution in [3.05, 3.63) is 25.3 Å². The van der Waals surface area contributed by atoms with Crippen LogP contribution in [-0.2, 0) is 56.8 Å². The number of rotatable bonds is 40. The summed E-state index contributed by atoms with van der Waals surface area (Å²) in [7, 11) is 0. The molecule has 0 saturated heterocycles. The Bertz CT molecular complexity index is 496. The van der Waals surface area contributed by atoms with Crippen LogP contribution < -0.4 is 0 Å². The van der Waals surface area contributed by atoms with Gasteiger partial charge >= 0.3 is 0 Å². The van der Waals surface area contributed by atoms with Crippen LogP contribution in [-0.4, -0.2) is 159 Å². The van der Waals surface area contributed by atoms with Gasteiger partial charge in [0.05, 0.1) is 145 Å². The fourth-order valence-electron chi connectivity index (χ4n) is 3.03. The normalized spacial score (nSPS) is 11.0. The molecule has 0 fully saturated rings. The zero-order valence-corrected chi connectivity index (χ0v) is 29.3. The molecule has 0 aromatic carbocycles. The molecule has 0 heterocycles. The van der Waals surface area contributed by atoms with Crippen molar-refractivity contribution in [2.24, 2.45) is 0 Å². The van der Waals surface area contributed by atoms with Gasteiger partial charge in [-0.25, -0.2) is 0 Å². The molecule has 12 heteroatoms. The minimum atomic E-state index is 0.554. The Morgan fingerprint density at radius 1 is 0.283 bits per heavy atom. The fourth-order valence-corrected chi connectivity index (χ4v) is 3.03. The zero-order valence-electron chi connectivity index (χ0n) is 29.3. The lowest BCUT2D eigenvalue weighted by atomic mass is 10.4. The summed E-state index contributed by atoms with van der Waals surface area (Å²) in [5, 5.41) is 0. The lowest BCUT2D eigenvalue weighted by Crippen LogP contribution is -2.14. The highest BCUT2D eigenvalue weighted by Gasteiger charge is 1.95. The van der Waals surface area contributed by atoms with Crippen LogP contribution >= 0.6 is 0 Å². The van der Waals surface area contributed by atoms with Gasteiger partial charge in [-0.1, -0.05) is 38.8 Å². The Hall–Kier alpha value is -1.00. The highest BCUT2D eigenvalue weighted by Crippen LogP contribution is 1.90. The molecule has 0 aromatic rings.